The van der Waals surface area contributed by atoms with Crippen LogP contribution in [0.15, 0.2) is 24.3 Å². The molecule has 0 aromatic heterocycles. The van der Waals surface area contributed by atoms with Crippen LogP contribution < -0.4 is 16.4 Å². The van der Waals surface area contributed by atoms with E-state index in [4.69, 9.17) is 5.73 Å². The third-order valence-corrected chi connectivity index (χ3v) is 5.73. The van der Waals surface area contributed by atoms with Gasteiger partial charge in [0.15, 0.2) is 0 Å². The Hall–Kier alpha value is -1.73. The lowest BCUT2D eigenvalue weighted by atomic mass is 9.91. The number of urea groups is 1. The second-order valence-corrected chi connectivity index (χ2v) is 9.00. The van der Waals surface area contributed by atoms with Crippen molar-refractivity contribution in [2.75, 3.05) is 25.1 Å². The number of carbonyl (C=O) groups is 2. The molecule has 2 rings (SSSR count). The summed E-state index contributed by atoms with van der Waals surface area (Å²) in [5.74, 6) is 2.09. The number of rotatable bonds is 9. The first-order valence-corrected chi connectivity index (χ1v) is 11.4. The van der Waals surface area contributed by atoms with Crippen molar-refractivity contribution in [3.63, 3.8) is 0 Å². The van der Waals surface area contributed by atoms with Gasteiger partial charge in [0.1, 0.15) is 6.04 Å². The van der Waals surface area contributed by atoms with Gasteiger partial charge in [-0.05, 0) is 47.8 Å². The van der Waals surface area contributed by atoms with Crippen LogP contribution in [0.3, 0.4) is 0 Å². The number of benzene rings is 1. The summed E-state index contributed by atoms with van der Waals surface area (Å²) in [4.78, 5) is 26.0. The number of hydrogen-bond donors (Lipinski definition) is 3. The van der Waals surface area contributed by atoms with Crippen molar-refractivity contribution in [2.45, 2.75) is 45.8 Å². The molecule has 3 unspecified atom stereocenters. The van der Waals surface area contributed by atoms with Gasteiger partial charge in [0.25, 0.3) is 0 Å². The highest BCUT2D eigenvalue weighted by molar-refractivity contribution is 7.98. The van der Waals surface area contributed by atoms with E-state index >= 15 is 0 Å². The van der Waals surface area contributed by atoms with Crippen LogP contribution in [-0.4, -0.2) is 48.0 Å². The summed E-state index contributed by atoms with van der Waals surface area (Å²) in [5, 5.41) is 5.42. The van der Waals surface area contributed by atoms with E-state index in [0.717, 1.165) is 42.8 Å². The average molecular weight is 407 g/mol. The van der Waals surface area contributed by atoms with E-state index in [-0.39, 0.29) is 5.91 Å². The molecule has 7 heteroatoms. The Bertz CT molecular complexity index is 628. The van der Waals surface area contributed by atoms with E-state index in [1.165, 1.54) is 12.0 Å². The van der Waals surface area contributed by atoms with Gasteiger partial charge in [-0.25, -0.2) is 4.79 Å². The van der Waals surface area contributed by atoms with Crippen molar-refractivity contribution >= 4 is 23.7 Å². The fourth-order valence-corrected chi connectivity index (χ4v) is 4.40. The van der Waals surface area contributed by atoms with Gasteiger partial charge < -0.3 is 16.4 Å². The second kappa shape index (κ2) is 11.3. The Morgan fingerprint density at radius 1 is 1.18 bits per heavy atom. The fraction of sp³-hybridized carbons (Fsp3) is 0.619. The first-order chi connectivity index (χ1) is 13.4. The molecule has 4 N–H and O–H groups in total. The van der Waals surface area contributed by atoms with Crippen molar-refractivity contribution in [1.29, 1.82) is 0 Å². The van der Waals surface area contributed by atoms with Gasteiger partial charge >= 0.3 is 6.03 Å². The van der Waals surface area contributed by atoms with Crippen LogP contribution in [-0.2, 0) is 17.9 Å². The minimum atomic E-state index is -0.674. The lowest BCUT2D eigenvalue weighted by Crippen LogP contribution is -2.48. The number of nitrogens with zero attached hydrogens (tertiary/aromatic N) is 1. The SMILES string of the molecule is CSCCC(NC(N)=O)C(=O)NCc1ccc(CN2CC(C)CC(C)C2)cc1. The molecule has 1 aliphatic rings. The summed E-state index contributed by atoms with van der Waals surface area (Å²) in [6, 6.07) is 7.13. The highest BCUT2D eigenvalue weighted by atomic mass is 32.2. The molecule has 1 aromatic carbocycles. The van der Waals surface area contributed by atoms with Gasteiger partial charge in [-0.1, -0.05) is 38.1 Å². The average Bonchev–Trinajstić information content (AvgIpc) is 2.63. The molecule has 3 amide bonds. The Kier molecular flexibility index (Phi) is 9.12. The molecule has 1 heterocycles. The quantitative estimate of drug-likeness (QED) is 0.588. The first-order valence-electron chi connectivity index (χ1n) is 10.00. The van der Waals surface area contributed by atoms with Gasteiger partial charge in [0.05, 0.1) is 0 Å². The molecule has 156 valence electrons. The van der Waals surface area contributed by atoms with E-state index in [1.807, 2.05) is 6.26 Å². The predicted molar refractivity (Wildman–Crippen MR) is 116 cm³/mol. The summed E-state index contributed by atoms with van der Waals surface area (Å²) in [6.45, 7) is 8.38. The van der Waals surface area contributed by atoms with Crippen molar-refractivity contribution in [1.82, 2.24) is 15.5 Å². The lowest BCUT2D eigenvalue weighted by Gasteiger charge is -2.35. The van der Waals surface area contributed by atoms with Crippen LogP contribution >= 0.6 is 11.8 Å². The summed E-state index contributed by atoms with van der Waals surface area (Å²) in [7, 11) is 0. The number of likely N-dealkylation sites (tertiary alicyclic amines) is 1. The van der Waals surface area contributed by atoms with Gasteiger partial charge in [-0.3, -0.25) is 9.69 Å². The fourth-order valence-electron chi connectivity index (χ4n) is 3.93. The van der Waals surface area contributed by atoms with Gasteiger partial charge in [0, 0.05) is 26.2 Å². The summed E-state index contributed by atoms with van der Waals surface area (Å²) >= 11 is 1.63. The van der Waals surface area contributed by atoms with Crippen LogP contribution in [0.2, 0.25) is 0 Å². The number of thioether (sulfide) groups is 1. The highest BCUT2D eigenvalue weighted by Gasteiger charge is 2.22. The zero-order chi connectivity index (χ0) is 20.5. The third kappa shape index (κ3) is 7.72. The smallest absolute Gasteiger partial charge is 0.312 e. The Labute approximate surface area is 173 Å². The largest absolute Gasteiger partial charge is 0.352 e. The molecule has 0 spiro atoms. The number of hydrogen-bond acceptors (Lipinski definition) is 4. The molecule has 1 fully saturated rings. The van der Waals surface area contributed by atoms with Crippen LogP contribution in [0.4, 0.5) is 4.79 Å². The highest BCUT2D eigenvalue weighted by Crippen LogP contribution is 2.22. The zero-order valence-electron chi connectivity index (χ0n) is 17.2. The third-order valence-electron chi connectivity index (χ3n) is 5.08. The van der Waals surface area contributed by atoms with E-state index < -0.39 is 12.1 Å². The number of nitrogens with two attached hydrogens (primary N) is 1. The molecule has 1 aliphatic heterocycles. The summed E-state index contributed by atoms with van der Waals surface area (Å²) < 4.78 is 0. The molecule has 0 saturated carbocycles. The molecular formula is C21H34N4O2S. The molecule has 1 aromatic rings. The van der Waals surface area contributed by atoms with Crippen LogP contribution in [0.5, 0.6) is 0 Å². The Balaban J connectivity index is 1.84. The maximum atomic E-state index is 12.4. The predicted octanol–water partition coefficient (Wildman–Crippen LogP) is 2.57. The molecule has 3 atom stereocenters. The number of primary amides is 1. The molecular weight excluding hydrogens is 372 g/mol. The van der Waals surface area contributed by atoms with E-state index in [0.29, 0.717) is 13.0 Å². The van der Waals surface area contributed by atoms with E-state index in [9.17, 15) is 9.59 Å². The number of amides is 3. The minimum Gasteiger partial charge on any atom is -0.352 e. The van der Waals surface area contributed by atoms with Crippen LogP contribution in [0.1, 0.15) is 37.8 Å². The standard InChI is InChI=1S/C21H34N4O2S/c1-15-10-16(2)13-25(12-15)14-18-6-4-17(5-7-18)11-23-20(26)19(8-9-28-3)24-21(22)27/h4-7,15-16,19H,8-14H2,1-3H3,(H,23,26)(H3,22,24,27). The maximum Gasteiger partial charge on any atom is 0.312 e. The minimum absolute atomic E-state index is 0.201. The number of nitrogens with one attached hydrogen (secondary N) is 2. The number of piperidine rings is 1. The Morgan fingerprint density at radius 2 is 1.79 bits per heavy atom. The summed E-state index contributed by atoms with van der Waals surface area (Å²) in [6.07, 6.45) is 3.84. The Morgan fingerprint density at radius 3 is 2.36 bits per heavy atom. The first kappa shape index (κ1) is 22.6. The van der Waals surface area contributed by atoms with Gasteiger partial charge in [-0.15, -0.1) is 0 Å². The molecule has 28 heavy (non-hydrogen) atoms. The normalized spacial score (nSPS) is 21.1. The zero-order valence-corrected chi connectivity index (χ0v) is 18.1. The van der Waals surface area contributed by atoms with Gasteiger partial charge in [0.2, 0.25) is 5.91 Å². The maximum absolute atomic E-state index is 12.4. The van der Waals surface area contributed by atoms with Crippen molar-refractivity contribution in [3.05, 3.63) is 35.4 Å². The van der Waals surface area contributed by atoms with Gasteiger partial charge in [-0.2, -0.15) is 11.8 Å². The lowest BCUT2D eigenvalue weighted by molar-refractivity contribution is -0.123. The molecule has 0 bridgehead atoms. The van der Waals surface area contributed by atoms with Crippen molar-refractivity contribution in [3.8, 4) is 0 Å². The monoisotopic (exact) mass is 406 g/mol. The molecule has 0 radical (unpaired) electrons. The van der Waals surface area contributed by atoms with E-state index in [1.54, 1.807) is 11.8 Å². The molecule has 0 aliphatic carbocycles. The van der Waals surface area contributed by atoms with Crippen LogP contribution in [0.25, 0.3) is 0 Å². The van der Waals surface area contributed by atoms with Crippen molar-refractivity contribution < 1.29 is 9.59 Å². The van der Waals surface area contributed by atoms with Crippen LogP contribution in [0, 0.1) is 11.8 Å². The molecule has 6 nitrogen and oxygen atoms in total. The topological polar surface area (TPSA) is 87.5 Å². The summed E-state index contributed by atoms with van der Waals surface area (Å²) in [5.41, 5.74) is 7.52. The molecule has 1 saturated heterocycles. The van der Waals surface area contributed by atoms with E-state index in [2.05, 4.69) is 53.6 Å². The van der Waals surface area contributed by atoms with Crippen molar-refractivity contribution in [2.24, 2.45) is 17.6 Å². The second-order valence-electron chi connectivity index (χ2n) is 8.02. The number of carbonyl (C=O) groups excluding carboxylic acids is 2.